The summed E-state index contributed by atoms with van der Waals surface area (Å²) in [5.41, 5.74) is 1.24. The van der Waals surface area contributed by atoms with Crippen LogP contribution in [-0.2, 0) is 0 Å². The van der Waals surface area contributed by atoms with Crippen molar-refractivity contribution in [3.63, 3.8) is 0 Å². The van der Waals surface area contributed by atoms with Crippen molar-refractivity contribution >= 4 is 5.69 Å². The summed E-state index contributed by atoms with van der Waals surface area (Å²) in [5.74, 6) is 1.75. The zero-order valence-electron chi connectivity index (χ0n) is 11.5. The van der Waals surface area contributed by atoms with Gasteiger partial charge in [0, 0.05) is 30.9 Å². The molecule has 0 bridgehead atoms. The van der Waals surface area contributed by atoms with E-state index in [1.54, 1.807) is 0 Å². The average molecular weight is 262 g/mol. The van der Waals surface area contributed by atoms with E-state index >= 15 is 0 Å². The molecule has 1 aromatic carbocycles. The van der Waals surface area contributed by atoms with Crippen molar-refractivity contribution in [2.45, 2.75) is 25.8 Å². The van der Waals surface area contributed by atoms with E-state index in [0.717, 1.165) is 31.1 Å². The second kappa shape index (κ2) is 5.70. The Morgan fingerprint density at radius 1 is 1.16 bits per heavy atom. The van der Waals surface area contributed by atoms with Crippen LogP contribution >= 0.6 is 0 Å². The third-order valence-corrected chi connectivity index (χ3v) is 3.73. The van der Waals surface area contributed by atoms with E-state index < -0.39 is 0 Å². The molecule has 1 N–H and O–H groups in total. The number of anilines is 1. The number of hydrogen-bond acceptors (Lipinski definition) is 4. The van der Waals surface area contributed by atoms with Gasteiger partial charge in [-0.15, -0.1) is 0 Å². The van der Waals surface area contributed by atoms with Crippen molar-refractivity contribution < 1.29 is 9.47 Å². The van der Waals surface area contributed by atoms with E-state index in [9.17, 15) is 0 Å². The topological polar surface area (TPSA) is 33.7 Å². The maximum absolute atomic E-state index is 5.67. The monoisotopic (exact) mass is 262 g/mol. The van der Waals surface area contributed by atoms with Crippen LogP contribution in [0.2, 0.25) is 0 Å². The van der Waals surface area contributed by atoms with Crippen LogP contribution in [0.3, 0.4) is 0 Å². The van der Waals surface area contributed by atoms with E-state index in [1.807, 2.05) is 6.07 Å². The van der Waals surface area contributed by atoms with Crippen molar-refractivity contribution in [1.82, 2.24) is 5.32 Å². The molecule has 2 aliphatic rings. The first-order valence-electron chi connectivity index (χ1n) is 7.21. The Morgan fingerprint density at radius 2 is 2.00 bits per heavy atom. The van der Waals surface area contributed by atoms with E-state index in [0.29, 0.717) is 19.3 Å². The van der Waals surface area contributed by atoms with Crippen molar-refractivity contribution in [2.24, 2.45) is 0 Å². The Balaban J connectivity index is 1.79. The highest BCUT2D eigenvalue weighted by molar-refractivity contribution is 5.57. The van der Waals surface area contributed by atoms with Gasteiger partial charge in [0.25, 0.3) is 0 Å². The Kier molecular flexibility index (Phi) is 3.78. The predicted octanol–water partition coefficient (Wildman–Crippen LogP) is 2.04. The number of nitrogens with zero attached hydrogens (tertiary/aromatic N) is 1. The lowest BCUT2D eigenvalue weighted by atomic mass is 10.1. The van der Waals surface area contributed by atoms with Crippen LogP contribution < -0.4 is 19.7 Å². The van der Waals surface area contributed by atoms with Gasteiger partial charge in [-0.05, 0) is 38.4 Å². The highest BCUT2D eigenvalue weighted by atomic mass is 16.6. The van der Waals surface area contributed by atoms with Gasteiger partial charge in [0.2, 0.25) is 0 Å². The third kappa shape index (κ3) is 2.95. The van der Waals surface area contributed by atoms with Crippen molar-refractivity contribution in [3.8, 4) is 11.5 Å². The number of benzene rings is 1. The lowest BCUT2D eigenvalue weighted by Gasteiger charge is -2.31. The first-order chi connectivity index (χ1) is 9.33. The summed E-state index contributed by atoms with van der Waals surface area (Å²) in [7, 11) is 0. The van der Waals surface area contributed by atoms with Gasteiger partial charge in [-0.1, -0.05) is 0 Å². The molecule has 104 valence electrons. The van der Waals surface area contributed by atoms with E-state index in [-0.39, 0.29) is 0 Å². The Hall–Kier alpha value is -1.42. The molecule has 4 heteroatoms. The fourth-order valence-electron chi connectivity index (χ4n) is 2.73. The summed E-state index contributed by atoms with van der Waals surface area (Å²) < 4.78 is 11.2. The second-order valence-electron chi connectivity index (χ2n) is 5.34. The first-order valence-corrected chi connectivity index (χ1v) is 7.21. The van der Waals surface area contributed by atoms with Crippen molar-refractivity contribution in [2.75, 3.05) is 37.7 Å². The van der Waals surface area contributed by atoms with Gasteiger partial charge in [-0.3, -0.25) is 0 Å². The molecule has 0 saturated carbocycles. The molecule has 0 radical (unpaired) electrons. The van der Waals surface area contributed by atoms with Gasteiger partial charge in [-0.25, -0.2) is 0 Å². The number of hydrogen-bond donors (Lipinski definition) is 1. The SMILES string of the molecule is CC1CN(c2ccc3c(c2)OCCO3)CCCCN1. The molecule has 1 aromatic rings. The molecule has 1 saturated heterocycles. The third-order valence-electron chi connectivity index (χ3n) is 3.73. The highest BCUT2D eigenvalue weighted by Crippen LogP contribution is 2.34. The molecular weight excluding hydrogens is 240 g/mol. The zero-order chi connectivity index (χ0) is 13.1. The molecule has 0 aliphatic carbocycles. The van der Waals surface area contributed by atoms with Crippen molar-refractivity contribution in [3.05, 3.63) is 18.2 Å². The maximum atomic E-state index is 5.67. The summed E-state index contributed by atoms with van der Waals surface area (Å²) in [5, 5.41) is 3.55. The van der Waals surface area contributed by atoms with Gasteiger partial charge in [0.1, 0.15) is 13.2 Å². The summed E-state index contributed by atoms with van der Waals surface area (Å²) in [6.45, 7) is 6.84. The van der Waals surface area contributed by atoms with E-state index in [4.69, 9.17) is 9.47 Å². The first kappa shape index (κ1) is 12.6. The normalized spacial score (nSPS) is 23.6. The van der Waals surface area contributed by atoms with Gasteiger partial charge in [-0.2, -0.15) is 0 Å². The predicted molar refractivity (Wildman–Crippen MR) is 76.3 cm³/mol. The number of nitrogens with one attached hydrogen (secondary N) is 1. The fourth-order valence-corrected chi connectivity index (χ4v) is 2.73. The summed E-state index contributed by atoms with van der Waals surface area (Å²) in [4.78, 5) is 2.44. The molecule has 1 unspecified atom stereocenters. The van der Waals surface area contributed by atoms with Crippen LogP contribution in [0.25, 0.3) is 0 Å². The molecule has 4 nitrogen and oxygen atoms in total. The fraction of sp³-hybridized carbons (Fsp3) is 0.600. The van der Waals surface area contributed by atoms with Crippen LogP contribution in [0.4, 0.5) is 5.69 Å². The van der Waals surface area contributed by atoms with Gasteiger partial charge >= 0.3 is 0 Å². The molecule has 19 heavy (non-hydrogen) atoms. The Morgan fingerprint density at radius 3 is 2.89 bits per heavy atom. The minimum absolute atomic E-state index is 0.522. The smallest absolute Gasteiger partial charge is 0.163 e. The van der Waals surface area contributed by atoms with Crippen LogP contribution in [0.5, 0.6) is 11.5 Å². The number of rotatable bonds is 1. The van der Waals surface area contributed by atoms with E-state index in [1.165, 1.54) is 18.5 Å². The van der Waals surface area contributed by atoms with Gasteiger partial charge in [0.15, 0.2) is 11.5 Å². The molecule has 2 aliphatic heterocycles. The minimum Gasteiger partial charge on any atom is -0.486 e. The van der Waals surface area contributed by atoms with Crippen LogP contribution in [0, 0.1) is 0 Å². The Bertz CT molecular complexity index is 436. The molecule has 1 atom stereocenters. The highest BCUT2D eigenvalue weighted by Gasteiger charge is 2.17. The molecule has 3 rings (SSSR count). The molecular formula is C15H22N2O2. The zero-order valence-corrected chi connectivity index (χ0v) is 11.5. The standard InChI is InChI=1S/C15H22N2O2/c1-12-11-17(7-3-2-6-16-12)13-4-5-14-15(10-13)19-9-8-18-14/h4-5,10,12,16H,2-3,6-9,11H2,1H3. The van der Waals surface area contributed by atoms with Gasteiger partial charge < -0.3 is 19.7 Å². The van der Waals surface area contributed by atoms with Crippen LogP contribution in [0.15, 0.2) is 18.2 Å². The van der Waals surface area contributed by atoms with Crippen LogP contribution in [0.1, 0.15) is 19.8 Å². The molecule has 0 aromatic heterocycles. The largest absolute Gasteiger partial charge is 0.486 e. The summed E-state index contributed by atoms with van der Waals surface area (Å²) in [6.07, 6.45) is 2.47. The lowest BCUT2D eigenvalue weighted by molar-refractivity contribution is 0.171. The average Bonchev–Trinajstić information content (AvgIpc) is 2.42. The van der Waals surface area contributed by atoms with Gasteiger partial charge in [0.05, 0.1) is 0 Å². The molecule has 1 fully saturated rings. The molecule has 0 amide bonds. The molecule has 2 heterocycles. The maximum Gasteiger partial charge on any atom is 0.163 e. The summed E-state index contributed by atoms with van der Waals surface area (Å²) >= 11 is 0. The Labute approximate surface area is 114 Å². The molecule has 0 spiro atoms. The van der Waals surface area contributed by atoms with E-state index in [2.05, 4.69) is 29.3 Å². The van der Waals surface area contributed by atoms with Crippen molar-refractivity contribution in [1.29, 1.82) is 0 Å². The summed E-state index contributed by atoms with van der Waals surface area (Å²) in [6, 6.07) is 6.80. The second-order valence-corrected chi connectivity index (χ2v) is 5.34. The number of fused-ring (bicyclic) bond motifs is 1. The number of ether oxygens (including phenoxy) is 2. The quantitative estimate of drug-likeness (QED) is 0.839. The van der Waals surface area contributed by atoms with Crippen LogP contribution in [-0.4, -0.2) is 38.9 Å². The minimum atomic E-state index is 0.522. The lowest BCUT2D eigenvalue weighted by Crippen LogP contribution is -2.42.